The van der Waals surface area contributed by atoms with E-state index in [1.54, 1.807) is 6.20 Å². The maximum Gasteiger partial charge on any atom is 0.356 e. The van der Waals surface area contributed by atoms with Gasteiger partial charge < -0.3 is 9.84 Å². The number of nitrogens with zero attached hydrogens (tertiary/aromatic N) is 2. The number of aromatic nitrogens is 2. The molecule has 0 fully saturated rings. The molecule has 1 N–H and O–H groups in total. The minimum Gasteiger partial charge on any atom is -0.491 e. The maximum absolute atomic E-state index is 10.8. The van der Waals surface area contributed by atoms with Crippen molar-refractivity contribution in [3.05, 3.63) is 42.2 Å². The summed E-state index contributed by atoms with van der Waals surface area (Å²) in [5, 5.41) is 12.8. The van der Waals surface area contributed by atoms with E-state index in [9.17, 15) is 4.79 Å². The third kappa shape index (κ3) is 3.13. The van der Waals surface area contributed by atoms with Crippen LogP contribution in [-0.2, 0) is 0 Å². The lowest BCUT2D eigenvalue weighted by atomic mass is 10.3. The van der Waals surface area contributed by atoms with E-state index in [1.807, 2.05) is 31.2 Å². The molecular weight excluding hydrogens is 244 g/mol. The Morgan fingerprint density at radius 3 is 2.89 bits per heavy atom. The van der Waals surface area contributed by atoms with Gasteiger partial charge in [0.05, 0.1) is 11.8 Å². The van der Waals surface area contributed by atoms with E-state index >= 15 is 0 Å². The lowest BCUT2D eigenvalue weighted by Crippen LogP contribution is -2.10. The number of carbonyl (C=O) groups is 1. The molecule has 5 heteroatoms. The molecule has 0 spiro atoms. The van der Waals surface area contributed by atoms with Crippen LogP contribution in [0, 0.1) is 0 Å². The summed E-state index contributed by atoms with van der Waals surface area (Å²) in [6.45, 7) is 4.06. The Morgan fingerprint density at radius 1 is 1.47 bits per heavy atom. The average Bonchev–Trinajstić information content (AvgIpc) is 2.88. The number of carboxylic acid groups (broad SMARTS) is 1. The molecule has 0 aliphatic rings. The third-order valence-electron chi connectivity index (χ3n) is 2.80. The normalized spacial score (nSPS) is 12.1. The van der Waals surface area contributed by atoms with Gasteiger partial charge in [-0.05, 0) is 31.5 Å². The monoisotopic (exact) mass is 260 g/mol. The largest absolute Gasteiger partial charge is 0.491 e. The van der Waals surface area contributed by atoms with E-state index in [0.717, 1.165) is 17.9 Å². The molecule has 0 saturated heterocycles. The van der Waals surface area contributed by atoms with Crippen molar-refractivity contribution in [1.82, 2.24) is 9.78 Å². The van der Waals surface area contributed by atoms with Crippen LogP contribution in [0.1, 0.15) is 30.8 Å². The summed E-state index contributed by atoms with van der Waals surface area (Å²) in [5.41, 5.74) is 0.793. The van der Waals surface area contributed by atoms with Gasteiger partial charge in [-0.25, -0.2) is 9.48 Å². The lowest BCUT2D eigenvalue weighted by molar-refractivity contribution is 0.0690. The smallest absolute Gasteiger partial charge is 0.356 e. The van der Waals surface area contributed by atoms with Crippen molar-refractivity contribution in [2.45, 2.75) is 26.4 Å². The Morgan fingerprint density at radius 2 is 2.26 bits per heavy atom. The van der Waals surface area contributed by atoms with Gasteiger partial charge in [-0.15, -0.1) is 0 Å². The van der Waals surface area contributed by atoms with Gasteiger partial charge in [0, 0.05) is 12.3 Å². The van der Waals surface area contributed by atoms with E-state index in [2.05, 4.69) is 12.0 Å². The molecule has 0 radical (unpaired) electrons. The van der Waals surface area contributed by atoms with Gasteiger partial charge >= 0.3 is 5.97 Å². The van der Waals surface area contributed by atoms with Crippen LogP contribution in [0.25, 0.3) is 5.69 Å². The number of hydrogen-bond acceptors (Lipinski definition) is 3. The summed E-state index contributed by atoms with van der Waals surface area (Å²) in [6.07, 6.45) is 2.68. The number of rotatable bonds is 5. The second kappa shape index (κ2) is 5.56. The van der Waals surface area contributed by atoms with Gasteiger partial charge in [0.15, 0.2) is 5.69 Å². The number of aromatic carboxylic acids is 1. The Bertz CT molecular complexity index is 578. The van der Waals surface area contributed by atoms with Crippen LogP contribution in [0.2, 0.25) is 0 Å². The highest BCUT2D eigenvalue weighted by molar-refractivity contribution is 5.85. The number of hydrogen-bond donors (Lipinski definition) is 1. The topological polar surface area (TPSA) is 64.3 Å². The average molecular weight is 260 g/mol. The minimum atomic E-state index is -1.04. The maximum atomic E-state index is 10.8. The predicted octanol–water partition coefficient (Wildman–Crippen LogP) is 2.75. The molecule has 0 aliphatic carbocycles. The molecule has 0 aliphatic heterocycles. The molecule has 0 amide bonds. The van der Waals surface area contributed by atoms with Crippen LogP contribution in [0.4, 0.5) is 0 Å². The fourth-order valence-electron chi connectivity index (χ4n) is 1.60. The zero-order valence-corrected chi connectivity index (χ0v) is 10.9. The SMILES string of the molecule is CCC(C)Oc1cccc(-n2ccc(C(=O)O)n2)c1. The van der Waals surface area contributed by atoms with Crippen LogP contribution in [0.15, 0.2) is 36.5 Å². The molecule has 1 unspecified atom stereocenters. The highest BCUT2D eigenvalue weighted by Gasteiger charge is 2.08. The molecule has 1 aromatic carbocycles. The van der Waals surface area contributed by atoms with Crippen molar-refractivity contribution in [3.8, 4) is 11.4 Å². The Balaban J connectivity index is 2.24. The number of benzene rings is 1. The van der Waals surface area contributed by atoms with Gasteiger partial charge in [-0.1, -0.05) is 13.0 Å². The first-order chi connectivity index (χ1) is 9.10. The van der Waals surface area contributed by atoms with Gasteiger partial charge in [0.25, 0.3) is 0 Å². The predicted molar refractivity (Wildman–Crippen MR) is 70.9 cm³/mol. The Kier molecular flexibility index (Phi) is 3.85. The van der Waals surface area contributed by atoms with E-state index in [-0.39, 0.29) is 11.8 Å². The van der Waals surface area contributed by atoms with Crippen LogP contribution in [0.3, 0.4) is 0 Å². The molecule has 19 heavy (non-hydrogen) atoms. The molecule has 0 saturated carbocycles. The van der Waals surface area contributed by atoms with Crippen LogP contribution >= 0.6 is 0 Å². The fraction of sp³-hybridized carbons (Fsp3) is 0.286. The van der Waals surface area contributed by atoms with Crippen molar-refractivity contribution in [2.24, 2.45) is 0 Å². The second-order valence-electron chi connectivity index (χ2n) is 4.28. The second-order valence-corrected chi connectivity index (χ2v) is 4.28. The summed E-state index contributed by atoms with van der Waals surface area (Å²) in [5.74, 6) is -0.287. The third-order valence-corrected chi connectivity index (χ3v) is 2.80. The fourth-order valence-corrected chi connectivity index (χ4v) is 1.60. The molecule has 2 rings (SSSR count). The van der Waals surface area contributed by atoms with Crippen molar-refractivity contribution >= 4 is 5.97 Å². The molecule has 2 aromatic rings. The first-order valence-corrected chi connectivity index (χ1v) is 6.16. The van der Waals surface area contributed by atoms with E-state index in [0.29, 0.717) is 0 Å². The molecule has 100 valence electrons. The van der Waals surface area contributed by atoms with Crippen molar-refractivity contribution in [3.63, 3.8) is 0 Å². The summed E-state index contributed by atoms with van der Waals surface area (Å²) in [7, 11) is 0. The zero-order chi connectivity index (χ0) is 13.8. The highest BCUT2D eigenvalue weighted by atomic mass is 16.5. The minimum absolute atomic E-state index is 0.0215. The van der Waals surface area contributed by atoms with Crippen molar-refractivity contribution < 1.29 is 14.6 Å². The van der Waals surface area contributed by atoms with Crippen LogP contribution in [0.5, 0.6) is 5.75 Å². The number of ether oxygens (including phenoxy) is 1. The molecule has 1 heterocycles. The summed E-state index contributed by atoms with van der Waals surface area (Å²) >= 11 is 0. The highest BCUT2D eigenvalue weighted by Crippen LogP contribution is 2.18. The lowest BCUT2D eigenvalue weighted by Gasteiger charge is -2.13. The van der Waals surface area contributed by atoms with Crippen LogP contribution in [-0.4, -0.2) is 27.0 Å². The van der Waals surface area contributed by atoms with Gasteiger partial charge in [0.2, 0.25) is 0 Å². The first kappa shape index (κ1) is 13.1. The van der Waals surface area contributed by atoms with Crippen molar-refractivity contribution in [2.75, 3.05) is 0 Å². The van der Waals surface area contributed by atoms with Gasteiger partial charge in [-0.2, -0.15) is 5.10 Å². The summed E-state index contributed by atoms with van der Waals surface area (Å²) in [4.78, 5) is 10.8. The molecule has 1 atom stereocenters. The number of carboxylic acids is 1. The first-order valence-electron chi connectivity index (χ1n) is 6.16. The van der Waals surface area contributed by atoms with Crippen LogP contribution < -0.4 is 4.74 Å². The summed E-state index contributed by atoms with van der Waals surface area (Å²) < 4.78 is 7.24. The Labute approximate surface area is 111 Å². The standard InChI is InChI=1S/C14H16N2O3/c1-3-10(2)19-12-6-4-5-11(9-12)16-8-7-13(15-16)14(17)18/h4-10H,3H2,1-2H3,(H,17,18). The quantitative estimate of drug-likeness (QED) is 0.897. The van der Waals surface area contributed by atoms with E-state index in [1.165, 1.54) is 10.7 Å². The molecular formula is C14H16N2O3. The zero-order valence-electron chi connectivity index (χ0n) is 10.9. The van der Waals surface area contributed by atoms with E-state index < -0.39 is 5.97 Å². The molecule has 5 nitrogen and oxygen atoms in total. The van der Waals surface area contributed by atoms with Crippen molar-refractivity contribution in [1.29, 1.82) is 0 Å². The van der Waals surface area contributed by atoms with Gasteiger partial charge in [-0.3, -0.25) is 0 Å². The summed E-state index contributed by atoms with van der Waals surface area (Å²) in [6, 6.07) is 8.88. The van der Waals surface area contributed by atoms with Gasteiger partial charge in [0.1, 0.15) is 5.75 Å². The Hall–Kier alpha value is -2.30. The van der Waals surface area contributed by atoms with E-state index in [4.69, 9.17) is 9.84 Å². The molecule has 0 bridgehead atoms. The molecule has 1 aromatic heterocycles.